The van der Waals surface area contributed by atoms with Crippen LogP contribution in [0.1, 0.15) is 19.3 Å². The number of rotatable bonds is 1. The number of pyridine rings is 1. The Labute approximate surface area is 116 Å². The van der Waals surface area contributed by atoms with E-state index in [9.17, 15) is 13.2 Å². The average Bonchev–Trinajstić information content (AvgIpc) is 2.43. The van der Waals surface area contributed by atoms with Gasteiger partial charge in [0.2, 0.25) is 0 Å². The summed E-state index contributed by atoms with van der Waals surface area (Å²) in [6.07, 6.45) is 3.12. The maximum atomic E-state index is 13.8. The molecule has 2 aliphatic heterocycles. The minimum Gasteiger partial charge on any atom is -0.354 e. The minimum absolute atomic E-state index is 0.0597. The largest absolute Gasteiger partial charge is 0.354 e. The number of halogens is 3. The molecule has 3 heterocycles. The Kier molecular flexibility index (Phi) is 3.58. The van der Waals surface area contributed by atoms with Crippen LogP contribution in [0.15, 0.2) is 6.07 Å². The van der Waals surface area contributed by atoms with E-state index in [2.05, 4.69) is 16.9 Å². The molecule has 0 spiro atoms. The van der Waals surface area contributed by atoms with E-state index in [1.54, 1.807) is 4.90 Å². The molecule has 0 radical (unpaired) electrons. The fourth-order valence-corrected chi connectivity index (χ4v) is 3.50. The van der Waals surface area contributed by atoms with E-state index in [0.717, 1.165) is 25.8 Å². The molecule has 2 aliphatic rings. The van der Waals surface area contributed by atoms with Crippen molar-refractivity contribution in [2.75, 3.05) is 31.6 Å². The average molecular weight is 285 g/mol. The van der Waals surface area contributed by atoms with Gasteiger partial charge in [-0.25, -0.2) is 8.78 Å². The molecule has 2 unspecified atom stereocenters. The SMILES string of the molecule is CN1CCCC2CN(c3nc(F)c(F)cc3F)CCC21. The number of nitrogens with zero attached hydrogens (tertiary/aromatic N) is 3. The van der Waals surface area contributed by atoms with Gasteiger partial charge in [-0.15, -0.1) is 0 Å². The van der Waals surface area contributed by atoms with Gasteiger partial charge in [0.05, 0.1) is 0 Å². The number of piperidine rings is 2. The van der Waals surface area contributed by atoms with Gasteiger partial charge >= 0.3 is 0 Å². The number of hydrogen-bond acceptors (Lipinski definition) is 3. The van der Waals surface area contributed by atoms with Gasteiger partial charge in [0.25, 0.3) is 5.95 Å². The van der Waals surface area contributed by atoms with E-state index >= 15 is 0 Å². The third kappa shape index (κ3) is 2.37. The van der Waals surface area contributed by atoms with Gasteiger partial charge < -0.3 is 9.80 Å². The summed E-state index contributed by atoms with van der Waals surface area (Å²) in [7, 11) is 2.11. The maximum absolute atomic E-state index is 13.8. The maximum Gasteiger partial charge on any atom is 0.251 e. The Balaban J connectivity index is 1.81. The van der Waals surface area contributed by atoms with Gasteiger partial charge in [-0.3, -0.25) is 0 Å². The first-order chi connectivity index (χ1) is 9.56. The van der Waals surface area contributed by atoms with Crippen LogP contribution in [0, 0.1) is 23.5 Å². The first-order valence-electron chi connectivity index (χ1n) is 7.03. The fraction of sp³-hybridized carbons (Fsp3) is 0.643. The molecule has 1 aromatic heterocycles. The number of fused-ring (bicyclic) bond motifs is 1. The van der Waals surface area contributed by atoms with Crippen molar-refractivity contribution < 1.29 is 13.2 Å². The normalized spacial score (nSPS) is 27.5. The smallest absolute Gasteiger partial charge is 0.251 e. The number of hydrogen-bond donors (Lipinski definition) is 0. The molecule has 0 aromatic carbocycles. The van der Waals surface area contributed by atoms with Crippen LogP contribution in [0.2, 0.25) is 0 Å². The molecule has 0 amide bonds. The van der Waals surface area contributed by atoms with Gasteiger partial charge in [-0.05, 0) is 38.8 Å². The zero-order valence-electron chi connectivity index (χ0n) is 11.5. The molecular formula is C14H18F3N3. The Hall–Kier alpha value is -1.30. The molecular weight excluding hydrogens is 267 g/mol. The summed E-state index contributed by atoms with van der Waals surface area (Å²) in [5.74, 6) is -2.87. The van der Waals surface area contributed by atoms with Gasteiger partial charge in [0, 0.05) is 25.2 Å². The van der Waals surface area contributed by atoms with Crippen LogP contribution in [-0.2, 0) is 0 Å². The summed E-state index contributed by atoms with van der Waals surface area (Å²) in [5.41, 5.74) is 0. The second-order valence-corrected chi connectivity index (χ2v) is 5.75. The molecule has 0 aliphatic carbocycles. The number of likely N-dealkylation sites (tertiary alicyclic amines) is 1. The Morgan fingerprint density at radius 2 is 1.95 bits per heavy atom. The van der Waals surface area contributed by atoms with Crippen LogP contribution >= 0.6 is 0 Å². The topological polar surface area (TPSA) is 19.4 Å². The fourth-order valence-electron chi connectivity index (χ4n) is 3.50. The highest BCUT2D eigenvalue weighted by Gasteiger charge is 2.35. The lowest BCUT2D eigenvalue weighted by Gasteiger charge is -2.46. The van der Waals surface area contributed by atoms with Crippen molar-refractivity contribution in [3.05, 3.63) is 23.6 Å². The quantitative estimate of drug-likeness (QED) is 0.739. The number of aromatic nitrogens is 1. The minimum atomic E-state index is -1.24. The van der Waals surface area contributed by atoms with E-state index in [1.807, 2.05) is 0 Å². The second-order valence-electron chi connectivity index (χ2n) is 5.75. The molecule has 1 aromatic rings. The standard InChI is InChI=1S/C14H18F3N3/c1-19-5-2-3-9-8-20(6-4-12(9)19)14-11(16)7-10(15)13(17)18-14/h7,9,12H,2-6,8H2,1H3. The number of anilines is 1. The third-order valence-corrected chi connectivity index (χ3v) is 4.51. The highest BCUT2D eigenvalue weighted by molar-refractivity contribution is 5.41. The van der Waals surface area contributed by atoms with E-state index in [-0.39, 0.29) is 5.82 Å². The van der Waals surface area contributed by atoms with Crippen LogP contribution in [0.4, 0.5) is 19.0 Å². The highest BCUT2D eigenvalue weighted by atomic mass is 19.2. The van der Waals surface area contributed by atoms with Crippen molar-refractivity contribution in [3.63, 3.8) is 0 Å². The van der Waals surface area contributed by atoms with E-state index in [0.29, 0.717) is 31.1 Å². The van der Waals surface area contributed by atoms with Crippen molar-refractivity contribution in [1.82, 2.24) is 9.88 Å². The summed E-state index contributed by atoms with van der Waals surface area (Å²) >= 11 is 0. The molecule has 2 atom stereocenters. The molecule has 2 saturated heterocycles. The lowest BCUT2D eigenvalue weighted by Crippen LogP contribution is -2.53. The van der Waals surface area contributed by atoms with E-state index < -0.39 is 17.6 Å². The Morgan fingerprint density at radius 3 is 2.75 bits per heavy atom. The van der Waals surface area contributed by atoms with E-state index in [4.69, 9.17) is 0 Å². The Morgan fingerprint density at radius 1 is 1.15 bits per heavy atom. The predicted octanol–water partition coefficient (Wildman–Crippen LogP) is 2.42. The molecule has 0 N–H and O–H groups in total. The molecule has 3 nitrogen and oxygen atoms in total. The van der Waals surface area contributed by atoms with Crippen molar-refractivity contribution in [2.45, 2.75) is 25.3 Å². The van der Waals surface area contributed by atoms with Gasteiger partial charge in [-0.2, -0.15) is 9.37 Å². The second kappa shape index (κ2) is 5.24. The first kappa shape index (κ1) is 13.7. The summed E-state index contributed by atoms with van der Waals surface area (Å²) in [4.78, 5) is 7.54. The predicted molar refractivity (Wildman–Crippen MR) is 70.1 cm³/mol. The van der Waals surface area contributed by atoms with Gasteiger partial charge in [0.1, 0.15) is 0 Å². The van der Waals surface area contributed by atoms with Crippen molar-refractivity contribution >= 4 is 5.82 Å². The molecule has 3 rings (SSSR count). The van der Waals surface area contributed by atoms with Crippen LogP contribution in [0.3, 0.4) is 0 Å². The molecule has 0 saturated carbocycles. The lowest BCUT2D eigenvalue weighted by molar-refractivity contribution is 0.102. The third-order valence-electron chi connectivity index (χ3n) is 4.51. The monoisotopic (exact) mass is 285 g/mol. The van der Waals surface area contributed by atoms with Gasteiger partial charge in [-0.1, -0.05) is 0 Å². The zero-order chi connectivity index (χ0) is 14.3. The molecule has 2 fully saturated rings. The summed E-state index contributed by atoms with van der Waals surface area (Å²) < 4.78 is 40.0. The molecule has 6 heteroatoms. The van der Waals surface area contributed by atoms with Crippen LogP contribution in [0.5, 0.6) is 0 Å². The van der Waals surface area contributed by atoms with Crippen molar-refractivity contribution in [3.8, 4) is 0 Å². The molecule has 20 heavy (non-hydrogen) atoms. The zero-order valence-corrected chi connectivity index (χ0v) is 11.5. The summed E-state index contributed by atoms with van der Waals surface area (Å²) in [6, 6.07) is 1.09. The first-order valence-corrected chi connectivity index (χ1v) is 7.03. The van der Waals surface area contributed by atoms with E-state index in [1.165, 1.54) is 0 Å². The lowest BCUT2D eigenvalue weighted by atomic mass is 9.84. The molecule has 0 bridgehead atoms. The van der Waals surface area contributed by atoms with Crippen LogP contribution in [-0.4, -0.2) is 42.6 Å². The van der Waals surface area contributed by atoms with Crippen molar-refractivity contribution in [1.29, 1.82) is 0 Å². The van der Waals surface area contributed by atoms with Crippen LogP contribution in [0.25, 0.3) is 0 Å². The summed E-state index contributed by atoms with van der Waals surface area (Å²) in [5, 5.41) is 0. The van der Waals surface area contributed by atoms with Crippen LogP contribution < -0.4 is 4.90 Å². The highest BCUT2D eigenvalue weighted by Crippen LogP contribution is 2.32. The summed E-state index contributed by atoms with van der Waals surface area (Å²) in [6.45, 7) is 2.38. The van der Waals surface area contributed by atoms with Gasteiger partial charge in [0.15, 0.2) is 17.5 Å². The Bertz CT molecular complexity index is 509. The molecule has 110 valence electrons. The van der Waals surface area contributed by atoms with Crippen molar-refractivity contribution in [2.24, 2.45) is 5.92 Å².